The van der Waals surface area contributed by atoms with Gasteiger partial charge in [0.05, 0.1) is 9.71 Å². The molecular formula is C20H23ClFNOS. The van der Waals surface area contributed by atoms with Gasteiger partial charge in [-0.25, -0.2) is 12.9 Å². The van der Waals surface area contributed by atoms with E-state index in [-0.39, 0.29) is 11.9 Å². The predicted octanol–water partition coefficient (Wildman–Crippen LogP) is 4.96. The van der Waals surface area contributed by atoms with Crippen LogP contribution in [-0.2, 0) is 16.1 Å². The van der Waals surface area contributed by atoms with Crippen LogP contribution in [0.5, 0.6) is 0 Å². The molecule has 0 aliphatic carbocycles. The summed E-state index contributed by atoms with van der Waals surface area (Å²) in [5.74, 6) is 3.79. The Morgan fingerprint density at radius 1 is 1.20 bits per heavy atom. The minimum Gasteiger partial charge on any atom is -0.248 e. The van der Waals surface area contributed by atoms with E-state index in [0.29, 0.717) is 17.0 Å². The van der Waals surface area contributed by atoms with Gasteiger partial charge in [-0.1, -0.05) is 42.3 Å². The summed E-state index contributed by atoms with van der Waals surface area (Å²) in [6.45, 7) is 0.769. The third kappa shape index (κ3) is 4.25. The van der Waals surface area contributed by atoms with Crippen LogP contribution in [0.1, 0.15) is 31.2 Å². The summed E-state index contributed by atoms with van der Waals surface area (Å²) >= 11 is 5.82. The van der Waals surface area contributed by atoms with Gasteiger partial charge in [0.15, 0.2) is 0 Å². The van der Waals surface area contributed by atoms with E-state index in [2.05, 4.69) is 5.87 Å². The Morgan fingerprint density at radius 3 is 2.68 bits per heavy atom. The second-order valence-corrected chi connectivity index (χ2v) is 9.18. The molecule has 25 heavy (non-hydrogen) atoms. The highest BCUT2D eigenvalue weighted by atomic mass is 35.5. The highest BCUT2D eigenvalue weighted by molar-refractivity contribution is 7.98. The van der Waals surface area contributed by atoms with Crippen LogP contribution >= 0.6 is 11.6 Å². The first-order valence-corrected chi connectivity index (χ1v) is 10.7. The molecule has 1 aliphatic heterocycles. The van der Waals surface area contributed by atoms with Crippen molar-refractivity contribution in [3.05, 3.63) is 64.9 Å². The molecule has 2 aromatic rings. The number of aryl methyl sites for hydroxylation is 1. The lowest BCUT2D eigenvalue weighted by atomic mass is 9.98. The molecule has 0 bridgehead atoms. The Kier molecular flexibility index (Phi) is 5.82. The van der Waals surface area contributed by atoms with E-state index in [1.807, 2.05) is 34.6 Å². The predicted molar refractivity (Wildman–Crippen MR) is 104 cm³/mol. The van der Waals surface area contributed by atoms with Gasteiger partial charge in [-0.2, -0.15) is 0 Å². The highest BCUT2D eigenvalue weighted by Gasteiger charge is 2.29. The molecule has 2 unspecified atom stereocenters. The summed E-state index contributed by atoms with van der Waals surface area (Å²) in [4.78, 5) is 0.763. The van der Waals surface area contributed by atoms with Crippen molar-refractivity contribution in [2.45, 2.75) is 43.0 Å². The molecule has 0 radical (unpaired) electrons. The fourth-order valence-electron chi connectivity index (χ4n) is 3.47. The fraction of sp³-hybridized carbons (Fsp3) is 0.350. The Morgan fingerprint density at radius 2 is 1.96 bits per heavy atom. The Balaban J connectivity index is 1.77. The molecule has 2 nitrogen and oxygen atoms in total. The lowest BCUT2D eigenvalue weighted by molar-refractivity contribution is 0.250. The number of benzene rings is 2. The van der Waals surface area contributed by atoms with Gasteiger partial charge in [0, 0.05) is 22.5 Å². The van der Waals surface area contributed by atoms with Gasteiger partial charge in [0.1, 0.15) is 5.82 Å². The number of hydrogen-bond donors (Lipinski definition) is 0. The lowest BCUT2D eigenvalue weighted by Crippen LogP contribution is -2.43. The van der Waals surface area contributed by atoms with E-state index in [1.165, 1.54) is 6.07 Å². The maximum Gasteiger partial charge on any atom is 0.127 e. The van der Waals surface area contributed by atoms with E-state index >= 15 is 0 Å². The first-order valence-electron chi connectivity index (χ1n) is 8.61. The van der Waals surface area contributed by atoms with Gasteiger partial charge >= 0.3 is 0 Å². The monoisotopic (exact) mass is 379 g/mol. The van der Waals surface area contributed by atoms with Crippen LogP contribution in [0.4, 0.5) is 4.39 Å². The number of halogens is 2. The molecule has 2 atom stereocenters. The minimum atomic E-state index is -2.51. The standard InChI is InChI=1S/C20H23ClFNOS/c1-25(24,19-8-3-2-4-9-19)23-14-6-5-7-18(23)13-11-16-10-12-17(21)15-20(16)22/h2-4,8-10,12,15,18H,1,5-7,11,13-14H2. The maximum absolute atomic E-state index is 14.0. The number of hydrogen-bond acceptors (Lipinski definition) is 1. The molecule has 1 fully saturated rings. The van der Waals surface area contributed by atoms with Crippen LogP contribution in [0.25, 0.3) is 0 Å². The minimum absolute atomic E-state index is 0.147. The van der Waals surface area contributed by atoms with Crippen LogP contribution < -0.4 is 0 Å². The third-order valence-electron chi connectivity index (χ3n) is 4.83. The van der Waals surface area contributed by atoms with Crippen molar-refractivity contribution in [2.24, 2.45) is 0 Å². The zero-order valence-electron chi connectivity index (χ0n) is 14.2. The van der Waals surface area contributed by atoms with Crippen LogP contribution in [0.15, 0.2) is 53.4 Å². The molecule has 1 saturated heterocycles. The molecule has 0 amide bonds. The SMILES string of the molecule is C=S(=O)(c1ccccc1)N1CCCCC1CCc1ccc(Cl)cc1F. The van der Waals surface area contributed by atoms with Crippen LogP contribution in [0, 0.1) is 5.82 Å². The topological polar surface area (TPSA) is 20.3 Å². The quantitative estimate of drug-likeness (QED) is 0.672. The smallest absolute Gasteiger partial charge is 0.127 e. The summed E-state index contributed by atoms with van der Waals surface area (Å²) in [7, 11) is -2.51. The molecule has 0 aromatic heterocycles. The molecule has 134 valence electrons. The zero-order chi connectivity index (χ0) is 17.9. The Labute approximate surface area is 154 Å². The summed E-state index contributed by atoms with van der Waals surface area (Å²) in [5.41, 5.74) is 0.658. The highest BCUT2D eigenvalue weighted by Crippen LogP contribution is 2.28. The average molecular weight is 380 g/mol. The molecule has 0 N–H and O–H groups in total. The van der Waals surface area contributed by atoms with Gasteiger partial charge in [-0.3, -0.25) is 0 Å². The molecule has 1 aliphatic rings. The van der Waals surface area contributed by atoms with Gasteiger partial charge in [0.25, 0.3) is 0 Å². The third-order valence-corrected chi connectivity index (χ3v) is 7.31. The van der Waals surface area contributed by atoms with Crippen LogP contribution in [-0.4, -0.2) is 27.0 Å². The molecule has 2 aromatic carbocycles. The van der Waals surface area contributed by atoms with Gasteiger partial charge in [0.2, 0.25) is 0 Å². The van der Waals surface area contributed by atoms with Crippen LogP contribution in [0.2, 0.25) is 5.02 Å². The molecule has 1 heterocycles. The maximum atomic E-state index is 14.0. The number of nitrogens with zero attached hydrogens (tertiary/aromatic N) is 1. The second-order valence-electron chi connectivity index (χ2n) is 6.52. The van der Waals surface area contributed by atoms with Crippen molar-refractivity contribution >= 4 is 27.2 Å². The van der Waals surface area contributed by atoms with E-state index in [1.54, 1.807) is 12.1 Å². The molecular weight excluding hydrogens is 357 g/mol. The summed E-state index contributed by atoms with van der Waals surface area (Å²) < 4.78 is 29.5. The first kappa shape index (κ1) is 18.4. The molecule has 3 rings (SSSR count). The van der Waals surface area contributed by atoms with Crippen molar-refractivity contribution in [3.8, 4) is 0 Å². The largest absolute Gasteiger partial charge is 0.248 e. The lowest BCUT2D eigenvalue weighted by Gasteiger charge is -2.37. The van der Waals surface area contributed by atoms with Crippen molar-refractivity contribution in [1.29, 1.82) is 0 Å². The Hall–Kier alpha value is -1.36. The van der Waals surface area contributed by atoms with E-state index < -0.39 is 9.71 Å². The van der Waals surface area contributed by atoms with Gasteiger partial charge in [-0.05, 0) is 61.4 Å². The molecule has 5 heteroatoms. The van der Waals surface area contributed by atoms with Gasteiger partial charge < -0.3 is 0 Å². The Bertz CT molecular complexity index is 823. The van der Waals surface area contributed by atoms with Gasteiger partial charge in [-0.15, -0.1) is 0 Å². The fourth-order valence-corrected chi connectivity index (χ4v) is 5.59. The normalized spacial score (nSPS) is 21.0. The van der Waals surface area contributed by atoms with E-state index in [4.69, 9.17) is 11.6 Å². The van der Waals surface area contributed by atoms with E-state index in [0.717, 1.165) is 37.1 Å². The molecule has 0 spiro atoms. The van der Waals surface area contributed by atoms with Crippen LogP contribution in [0.3, 0.4) is 0 Å². The van der Waals surface area contributed by atoms with Crippen molar-refractivity contribution in [3.63, 3.8) is 0 Å². The summed E-state index contributed by atoms with van der Waals surface area (Å²) in [6.07, 6.45) is 4.46. The zero-order valence-corrected chi connectivity index (χ0v) is 15.7. The number of rotatable bonds is 5. The molecule has 0 saturated carbocycles. The van der Waals surface area contributed by atoms with Crippen molar-refractivity contribution < 1.29 is 8.60 Å². The average Bonchev–Trinajstić information content (AvgIpc) is 2.62. The first-order chi connectivity index (χ1) is 12.0. The van der Waals surface area contributed by atoms with E-state index in [9.17, 15) is 8.60 Å². The van der Waals surface area contributed by atoms with Crippen molar-refractivity contribution in [1.82, 2.24) is 4.31 Å². The summed E-state index contributed by atoms with van der Waals surface area (Å²) in [6, 6.07) is 14.4. The second kappa shape index (κ2) is 7.90. The number of piperidine rings is 1. The summed E-state index contributed by atoms with van der Waals surface area (Å²) in [5, 5.41) is 0.408. The van der Waals surface area contributed by atoms with Crippen molar-refractivity contribution in [2.75, 3.05) is 6.54 Å².